The summed E-state index contributed by atoms with van der Waals surface area (Å²) in [7, 11) is 0. The van der Waals surface area contributed by atoms with Crippen LogP contribution >= 0.6 is 0 Å². The van der Waals surface area contributed by atoms with Gasteiger partial charge in [0.1, 0.15) is 5.82 Å². The maximum Gasteiger partial charge on any atom is 0.227 e. The molecule has 4 aromatic rings. The normalized spacial score (nSPS) is 14.7. The van der Waals surface area contributed by atoms with Gasteiger partial charge < -0.3 is 9.80 Å². The highest BCUT2D eigenvalue weighted by atomic mass is 16.2. The van der Waals surface area contributed by atoms with E-state index in [2.05, 4.69) is 45.3 Å². The minimum Gasteiger partial charge on any atom is -0.352 e. The predicted molar refractivity (Wildman–Crippen MR) is 109 cm³/mol. The summed E-state index contributed by atoms with van der Waals surface area (Å²) in [6.45, 7) is 3.01. The molecule has 2 aromatic carbocycles. The molecule has 1 fully saturated rings. The third-order valence-corrected chi connectivity index (χ3v) is 5.37. The summed E-state index contributed by atoms with van der Waals surface area (Å²) in [4.78, 5) is 21.2. The van der Waals surface area contributed by atoms with Crippen molar-refractivity contribution in [2.75, 3.05) is 31.1 Å². The predicted octanol–water partition coefficient (Wildman–Crippen LogP) is 2.77. The fourth-order valence-electron chi connectivity index (χ4n) is 3.79. The number of hydrogen-bond acceptors (Lipinski definition) is 4. The molecule has 0 N–H and O–H groups in total. The van der Waals surface area contributed by atoms with Crippen LogP contribution < -0.4 is 4.90 Å². The molecule has 0 aliphatic carbocycles. The van der Waals surface area contributed by atoms with Gasteiger partial charge in [-0.15, -0.1) is 5.10 Å². The Morgan fingerprint density at radius 1 is 0.929 bits per heavy atom. The summed E-state index contributed by atoms with van der Waals surface area (Å²) in [5, 5.41) is 6.98. The first-order chi connectivity index (χ1) is 13.8. The monoisotopic (exact) mass is 371 g/mol. The first-order valence-electron chi connectivity index (χ1n) is 9.57. The molecule has 1 aliphatic rings. The first-order valence-corrected chi connectivity index (χ1v) is 9.57. The standard InChI is InChI=1S/C22H21N5O/c28-22(16-17-5-6-18-3-1-2-4-19(18)15-17)26-13-11-25(12-14-26)21-8-7-20-23-9-10-27(20)24-21/h1-10,15H,11-14,16H2. The molecule has 1 saturated heterocycles. The Morgan fingerprint density at radius 3 is 2.61 bits per heavy atom. The number of anilines is 1. The lowest BCUT2D eigenvalue weighted by Crippen LogP contribution is -2.49. The lowest BCUT2D eigenvalue weighted by atomic mass is 10.0. The van der Waals surface area contributed by atoms with Gasteiger partial charge in [-0.05, 0) is 28.5 Å². The van der Waals surface area contributed by atoms with E-state index in [9.17, 15) is 4.79 Å². The number of carbonyl (C=O) groups is 1. The van der Waals surface area contributed by atoms with Crippen molar-refractivity contribution in [1.82, 2.24) is 19.5 Å². The molecule has 3 heterocycles. The highest BCUT2D eigenvalue weighted by Crippen LogP contribution is 2.18. The third-order valence-electron chi connectivity index (χ3n) is 5.37. The van der Waals surface area contributed by atoms with Gasteiger partial charge in [0, 0.05) is 38.6 Å². The van der Waals surface area contributed by atoms with Crippen molar-refractivity contribution >= 4 is 28.1 Å². The molecular formula is C22H21N5O. The fourth-order valence-corrected chi connectivity index (χ4v) is 3.79. The van der Waals surface area contributed by atoms with Crippen molar-refractivity contribution < 1.29 is 4.79 Å². The van der Waals surface area contributed by atoms with Gasteiger partial charge in [0.15, 0.2) is 5.65 Å². The SMILES string of the molecule is O=C(Cc1ccc2ccccc2c1)N1CCN(c2ccc3nccn3n2)CC1. The summed E-state index contributed by atoms with van der Waals surface area (Å²) < 4.78 is 1.78. The van der Waals surface area contributed by atoms with E-state index in [1.165, 1.54) is 10.8 Å². The topological polar surface area (TPSA) is 53.7 Å². The summed E-state index contributed by atoms with van der Waals surface area (Å²) in [5.41, 5.74) is 1.91. The minimum absolute atomic E-state index is 0.188. The Hall–Kier alpha value is -3.41. The maximum atomic E-state index is 12.8. The van der Waals surface area contributed by atoms with Crippen molar-refractivity contribution in [3.8, 4) is 0 Å². The zero-order valence-electron chi connectivity index (χ0n) is 15.5. The third kappa shape index (κ3) is 3.17. The number of nitrogens with zero attached hydrogens (tertiary/aromatic N) is 5. The van der Waals surface area contributed by atoms with Crippen LogP contribution in [-0.4, -0.2) is 51.6 Å². The van der Waals surface area contributed by atoms with E-state index in [-0.39, 0.29) is 5.91 Å². The highest BCUT2D eigenvalue weighted by molar-refractivity contribution is 5.85. The fraction of sp³-hybridized carbons (Fsp3) is 0.227. The molecule has 0 spiro atoms. The second-order valence-corrected chi connectivity index (χ2v) is 7.15. The zero-order chi connectivity index (χ0) is 18.9. The summed E-state index contributed by atoms with van der Waals surface area (Å²) in [6.07, 6.45) is 4.04. The average molecular weight is 371 g/mol. The number of hydrogen-bond donors (Lipinski definition) is 0. The molecule has 0 atom stereocenters. The van der Waals surface area contributed by atoms with Gasteiger partial charge in [0.2, 0.25) is 5.91 Å². The lowest BCUT2D eigenvalue weighted by molar-refractivity contribution is -0.130. The highest BCUT2D eigenvalue weighted by Gasteiger charge is 2.22. The molecule has 140 valence electrons. The molecule has 2 aromatic heterocycles. The van der Waals surface area contributed by atoms with Gasteiger partial charge in [-0.1, -0.05) is 42.5 Å². The molecule has 0 radical (unpaired) electrons. The van der Waals surface area contributed by atoms with Crippen LogP contribution in [0.4, 0.5) is 5.82 Å². The van der Waals surface area contributed by atoms with Gasteiger partial charge in [-0.25, -0.2) is 9.50 Å². The minimum atomic E-state index is 0.188. The van der Waals surface area contributed by atoms with Gasteiger partial charge in [0.25, 0.3) is 0 Å². The molecule has 28 heavy (non-hydrogen) atoms. The van der Waals surface area contributed by atoms with Gasteiger partial charge >= 0.3 is 0 Å². The Balaban J connectivity index is 1.23. The maximum absolute atomic E-state index is 12.8. The van der Waals surface area contributed by atoms with Crippen LogP contribution in [0.1, 0.15) is 5.56 Å². The first kappa shape index (κ1) is 16.7. The largest absolute Gasteiger partial charge is 0.352 e. The second-order valence-electron chi connectivity index (χ2n) is 7.15. The van der Waals surface area contributed by atoms with Crippen molar-refractivity contribution in [3.63, 3.8) is 0 Å². The number of amides is 1. The lowest BCUT2D eigenvalue weighted by Gasteiger charge is -2.35. The van der Waals surface area contributed by atoms with Crippen molar-refractivity contribution in [1.29, 1.82) is 0 Å². The van der Waals surface area contributed by atoms with Crippen molar-refractivity contribution in [3.05, 3.63) is 72.6 Å². The Labute approximate surface area is 163 Å². The van der Waals surface area contributed by atoms with Gasteiger partial charge in [-0.3, -0.25) is 4.79 Å². The summed E-state index contributed by atoms with van der Waals surface area (Å²) in [5.74, 6) is 1.11. The van der Waals surface area contributed by atoms with E-state index in [0.717, 1.165) is 43.2 Å². The van der Waals surface area contributed by atoms with Crippen LogP contribution in [0.25, 0.3) is 16.4 Å². The van der Waals surface area contributed by atoms with Crippen LogP contribution in [0.5, 0.6) is 0 Å². The van der Waals surface area contributed by atoms with Crippen LogP contribution in [0.3, 0.4) is 0 Å². The van der Waals surface area contributed by atoms with Crippen LogP contribution in [-0.2, 0) is 11.2 Å². The molecule has 5 rings (SSSR count). The number of benzene rings is 2. The van der Waals surface area contributed by atoms with E-state index in [1.54, 1.807) is 10.7 Å². The van der Waals surface area contributed by atoms with E-state index < -0.39 is 0 Å². The molecule has 0 saturated carbocycles. The summed E-state index contributed by atoms with van der Waals surface area (Å²) in [6, 6.07) is 18.5. The quantitative estimate of drug-likeness (QED) is 0.556. The number of rotatable bonds is 3. The van der Waals surface area contributed by atoms with Crippen LogP contribution in [0.2, 0.25) is 0 Å². The van der Waals surface area contributed by atoms with E-state index in [0.29, 0.717) is 6.42 Å². The Morgan fingerprint density at radius 2 is 1.75 bits per heavy atom. The number of fused-ring (bicyclic) bond motifs is 2. The van der Waals surface area contributed by atoms with Crippen molar-refractivity contribution in [2.24, 2.45) is 0 Å². The molecule has 0 unspecified atom stereocenters. The smallest absolute Gasteiger partial charge is 0.227 e. The molecule has 6 heteroatoms. The van der Waals surface area contributed by atoms with Crippen LogP contribution in [0, 0.1) is 0 Å². The number of aromatic nitrogens is 3. The van der Waals surface area contributed by atoms with Gasteiger partial charge in [0.05, 0.1) is 6.42 Å². The molecule has 1 aliphatic heterocycles. The van der Waals surface area contributed by atoms with E-state index >= 15 is 0 Å². The molecule has 6 nitrogen and oxygen atoms in total. The number of carbonyl (C=O) groups excluding carboxylic acids is 1. The molecule has 1 amide bonds. The molecule has 0 bridgehead atoms. The Bertz CT molecular complexity index is 1140. The Kier molecular flexibility index (Phi) is 4.16. The average Bonchev–Trinajstić information content (AvgIpc) is 3.21. The summed E-state index contributed by atoms with van der Waals surface area (Å²) >= 11 is 0. The van der Waals surface area contributed by atoms with Gasteiger partial charge in [-0.2, -0.15) is 0 Å². The van der Waals surface area contributed by atoms with Crippen LogP contribution in [0.15, 0.2) is 67.0 Å². The number of piperazine rings is 1. The molecular weight excluding hydrogens is 350 g/mol. The zero-order valence-corrected chi connectivity index (χ0v) is 15.5. The van der Waals surface area contributed by atoms with E-state index in [1.807, 2.05) is 35.4 Å². The van der Waals surface area contributed by atoms with Crippen molar-refractivity contribution in [2.45, 2.75) is 6.42 Å². The second kappa shape index (κ2) is 6.96. The van der Waals surface area contributed by atoms with E-state index in [4.69, 9.17) is 0 Å². The number of imidazole rings is 1.